The second kappa shape index (κ2) is 9.18. The monoisotopic (exact) mass is 473 g/mol. The number of rotatable bonds is 6. The van der Waals surface area contributed by atoms with Gasteiger partial charge in [0.15, 0.2) is 0 Å². The Bertz CT molecular complexity index is 1390. The lowest BCUT2D eigenvalue weighted by Crippen LogP contribution is -2.28. The first-order valence-electron chi connectivity index (χ1n) is 9.56. The second-order valence-electron chi connectivity index (χ2n) is 6.78. The van der Waals surface area contributed by atoms with E-state index in [4.69, 9.17) is 27.9 Å². The van der Waals surface area contributed by atoms with Gasteiger partial charge in [-0.3, -0.25) is 9.59 Å². The van der Waals surface area contributed by atoms with E-state index in [0.717, 1.165) is 33.6 Å². The third kappa shape index (κ3) is 4.63. The molecule has 2 aromatic heterocycles. The quantitative estimate of drug-likeness (QED) is 0.426. The van der Waals surface area contributed by atoms with E-state index in [1.54, 1.807) is 24.3 Å². The van der Waals surface area contributed by atoms with E-state index in [2.05, 4.69) is 10.1 Å². The van der Waals surface area contributed by atoms with Crippen LogP contribution in [0.4, 0.5) is 0 Å². The largest absolute Gasteiger partial charge is 0.494 e. The van der Waals surface area contributed by atoms with Gasteiger partial charge in [-0.25, -0.2) is 0 Å². The molecular formula is C22H17Cl2N3O3S. The smallest absolute Gasteiger partial charge is 0.296 e. The highest BCUT2D eigenvalue weighted by molar-refractivity contribution is 7.15. The molecule has 0 unspecified atom stereocenters. The van der Waals surface area contributed by atoms with Crippen molar-refractivity contribution in [1.82, 2.24) is 14.6 Å². The van der Waals surface area contributed by atoms with E-state index in [1.165, 1.54) is 0 Å². The summed E-state index contributed by atoms with van der Waals surface area (Å²) in [5, 5.41) is 5.12. The molecule has 0 aliphatic carbocycles. The van der Waals surface area contributed by atoms with Gasteiger partial charge in [-0.1, -0.05) is 59.7 Å². The average Bonchev–Trinajstić information content (AvgIpc) is 3.05. The summed E-state index contributed by atoms with van der Waals surface area (Å²) < 4.78 is 7.06. The van der Waals surface area contributed by atoms with Crippen molar-refractivity contribution >= 4 is 45.6 Å². The molecule has 0 bridgehead atoms. The van der Waals surface area contributed by atoms with Gasteiger partial charge >= 0.3 is 0 Å². The number of ether oxygens (including phenoxy) is 1. The Morgan fingerprint density at radius 3 is 2.48 bits per heavy atom. The SMILES string of the molecule is CCCOc1ccc(Cc2nn3c(=O)/c(=C/c4c(Cl)cccc4Cl)sc3nc2=O)cc1. The zero-order valence-electron chi connectivity index (χ0n) is 16.5. The lowest BCUT2D eigenvalue weighted by molar-refractivity contribution is 0.317. The maximum atomic E-state index is 12.9. The number of hydrogen-bond acceptors (Lipinski definition) is 6. The first-order chi connectivity index (χ1) is 15.0. The van der Waals surface area contributed by atoms with Crippen LogP contribution >= 0.6 is 34.5 Å². The molecule has 9 heteroatoms. The molecule has 0 saturated carbocycles. The summed E-state index contributed by atoms with van der Waals surface area (Å²) in [4.78, 5) is 29.6. The minimum atomic E-state index is -0.463. The van der Waals surface area contributed by atoms with Gasteiger partial charge in [0.2, 0.25) is 4.96 Å². The predicted molar refractivity (Wildman–Crippen MR) is 124 cm³/mol. The van der Waals surface area contributed by atoms with Crippen molar-refractivity contribution in [3.05, 3.63) is 94.6 Å². The zero-order chi connectivity index (χ0) is 22.0. The molecule has 0 fully saturated rings. The van der Waals surface area contributed by atoms with Crippen LogP contribution in [0.25, 0.3) is 11.0 Å². The Morgan fingerprint density at radius 2 is 1.81 bits per heavy atom. The van der Waals surface area contributed by atoms with Gasteiger partial charge in [-0.05, 0) is 42.3 Å². The third-order valence-corrected chi connectivity index (χ3v) is 6.11. The molecule has 0 radical (unpaired) electrons. The van der Waals surface area contributed by atoms with Crippen LogP contribution in [-0.4, -0.2) is 21.2 Å². The third-order valence-electron chi connectivity index (χ3n) is 4.49. The van der Waals surface area contributed by atoms with Gasteiger partial charge in [-0.2, -0.15) is 14.6 Å². The number of benzene rings is 2. The number of thiazole rings is 1. The van der Waals surface area contributed by atoms with E-state index in [1.807, 2.05) is 31.2 Å². The average molecular weight is 474 g/mol. The summed E-state index contributed by atoms with van der Waals surface area (Å²) in [7, 11) is 0. The molecule has 0 N–H and O–H groups in total. The molecule has 2 aromatic carbocycles. The molecule has 31 heavy (non-hydrogen) atoms. The van der Waals surface area contributed by atoms with E-state index < -0.39 is 5.56 Å². The maximum absolute atomic E-state index is 12.9. The van der Waals surface area contributed by atoms with Crippen molar-refractivity contribution < 1.29 is 4.74 Å². The summed E-state index contributed by atoms with van der Waals surface area (Å²) in [6.45, 7) is 2.68. The van der Waals surface area contributed by atoms with Gasteiger partial charge < -0.3 is 4.74 Å². The fraction of sp³-hybridized carbons (Fsp3) is 0.182. The van der Waals surface area contributed by atoms with Crippen LogP contribution in [0.15, 0.2) is 52.1 Å². The molecule has 0 saturated heterocycles. The van der Waals surface area contributed by atoms with Gasteiger partial charge in [0, 0.05) is 22.0 Å². The maximum Gasteiger partial charge on any atom is 0.296 e. The summed E-state index contributed by atoms with van der Waals surface area (Å²) in [6, 6.07) is 12.5. The molecule has 158 valence electrons. The Kier molecular flexibility index (Phi) is 6.36. The molecule has 2 heterocycles. The molecule has 0 aliphatic rings. The molecule has 0 aliphatic heterocycles. The van der Waals surface area contributed by atoms with Gasteiger partial charge in [-0.15, -0.1) is 0 Å². The van der Waals surface area contributed by atoms with Crippen LogP contribution in [-0.2, 0) is 6.42 Å². The highest BCUT2D eigenvalue weighted by Crippen LogP contribution is 2.24. The zero-order valence-corrected chi connectivity index (χ0v) is 18.8. The van der Waals surface area contributed by atoms with E-state index in [9.17, 15) is 9.59 Å². The lowest BCUT2D eigenvalue weighted by atomic mass is 10.1. The Balaban J connectivity index is 1.71. The fourth-order valence-corrected chi connectivity index (χ4v) is 4.34. The predicted octanol–water partition coefficient (Wildman–Crippen LogP) is 3.75. The first-order valence-corrected chi connectivity index (χ1v) is 11.1. The van der Waals surface area contributed by atoms with Crippen LogP contribution in [0, 0.1) is 0 Å². The fourth-order valence-electron chi connectivity index (χ4n) is 2.95. The second-order valence-corrected chi connectivity index (χ2v) is 8.60. The van der Waals surface area contributed by atoms with Gasteiger partial charge in [0.25, 0.3) is 11.1 Å². The minimum absolute atomic E-state index is 0.192. The Morgan fingerprint density at radius 1 is 1.10 bits per heavy atom. The van der Waals surface area contributed by atoms with Crippen molar-refractivity contribution in [2.75, 3.05) is 6.61 Å². The van der Waals surface area contributed by atoms with E-state index in [0.29, 0.717) is 26.7 Å². The van der Waals surface area contributed by atoms with Gasteiger partial charge in [0.1, 0.15) is 11.4 Å². The molecular weight excluding hydrogens is 457 g/mol. The molecule has 0 spiro atoms. The van der Waals surface area contributed by atoms with Crippen LogP contribution < -0.4 is 20.4 Å². The van der Waals surface area contributed by atoms with Crippen LogP contribution in [0.3, 0.4) is 0 Å². The lowest BCUT2D eigenvalue weighted by Gasteiger charge is -2.05. The summed E-state index contributed by atoms with van der Waals surface area (Å²) >= 11 is 13.5. The normalized spacial score (nSPS) is 11.9. The number of aromatic nitrogens is 3. The molecule has 0 atom stereocenters. The van der Waals surface area contributed by atoms with Crippen LogP contribution in [0.1, 0.15) is 30.2 Å². The summed E-state index contributed by atoms with van der Waals surface area (Å²) in [6.07, 6.45) is 2.77. The minimum Gasteiger partial charge on any atom is -0.494 e. The van der Waals surface area contributed by atoms with Crippen molar-refractivity contribution in [1.29, 1.82) is 0 Å². The van der Waals surface area contributed by atoms with E-state index in [-0.39, 0.29) is 22.6 Å². The van der Waals surface area contributed by atoms with Crippen molar-refractivity contribution in [3.8, 4) is 5.75 Å². The highest BCUT2D eigenvalue weighted by atomic mass is 35.5. The Hall–Kier alpha value is -2.74. The molecule has 0 amide bonds. The van der Waals surface area contributed by atoms with Gasteiger partial charge in [0.05, 0.1) is 11.1 Å². The Labute approximate surface area is 191 Å². The first kappa shape index (κ1) is 21.5. The van der Waals surface area contributed by atoms with Crippen molar-refractivity contribution in [3.63, 3.8) is 0 Å². The number of fused-ring (bicyclic) bond motifs is 1. The standard InChI is InChI=1S/C22H17Cl2N3O3S/c1-2-10-30-14-8-6-13(7-9-14)11-18-20(28)25-22-27(26-18)21(29)19(31-22)12-15-16(23)4-3-5-17(15)24/h3-9,12H,2,10-11H2,1H3/b19-12-. The number of nitrogens with zero attached hydrogens (tertiary/aromatic N) is 3. The number of halogens is 2. The van der Waals surface area contributed by atoms with Crippen molar-refractivity contribution in [2.45, 2.75) is 19.8 Å². The van der Waals surface area contributed by atoms with E-state index >= 15 is 0 Å². The van der Waals surface area contributed by atoms with Crippen molar-refractivity contribution in [2.24, 2.45) is 0 Å². The summed E-state index contributed by atoms with van der Waals surface area (Å²) in [5.41, 5.74) is 0.746. The number of hydrogen-bond donors (Lipinski definition) is 0. The molecule has 4 rings (SSSR count). The topological polar surface area (TPSA) is 73.6 Å². The summed E-state index contributed by atoms with van der Waals surface area (Å²) in [5.74, 6) is 0.766. The van der Waals surface area contributed by atoms with Crippen LogP contribution in [0.5, 0.6) is 5.75 Å². The van der Waals surface area contributed by atoms with Crippen LogP contribution in [0.2, 0.25) is 10.0 Å². The molecule has 6 nitrogen and oxygen atoms in total. The highest BCUT2D eigenvalue weighted by Gasteiger charge is 2.13. The molecule has 4 aromatic rings.